The number of carbonyl (C=O) groups excluding carboxylic acids is 4. The third kappa shape index (κ3) is 12.1. The number of aliphatic carboxylic acids is 1. The smallest absolute Gasteiger partial charge is 0.410 e. The normalized spacial score (nSPS) is 12.3. The van der Waals surface area contributed by atoms with Crippen LogP contribution in [0.2, 0.25) is 0 Å². The molecule has 3 rings (SSSR count). The van der Waals surface area contributed by atoms with Gasteiger partial charge in [0, 0.05) is 51.6 Å². The predicted molar refractivity (Wildman–Crippen MR) is 179 cm³/mol. The molecule has 13 heteroatoms. The van der Waals surface area contributed by atoms with E-state index in [0.717, 1.165) is 22.3 Å². The van der Waals surface area contributed by atoms with E-state index in [9.17, 15) is 24.0 Å². The van der Waals surface area contributed by atoms with Gasteiger partial charge in [-0.05, 0) is 63.8 Å². The van der Waals surface area contributed by atoms with Crippen molar-refractivity contribution in [2.75, 3.05) is 45.9 Å². The maximum atomic E-state index is 13.1. The van der Waals surface area contributed by atoms with Crippen molar-refractivity contribution in [2.45, 2.75) is 71.5 Å². The molecular formula is C35H48N4O9. The van der Waals surface area contributed by atoms with E-state index in [4.69, 9.17) is 19.3 Å². The molecule has 3 N–H and O–H groups in total. The lowest BCUT2D eigenvalue weighted by atomic mass is 9.98. The zero-order valence-electron chi connectivity index (χ0n) is 28.7. The fourth-order valence-electron chi connectivity index (χ4n) is 5.06. The van der Waals surface area contributed by atoms with Crippen LogP contribution in [0.5, 0.6) is 0 Å². The van der Waals surface area contributed by atoms with Gasteiger partial charge in [0.25, 0.3) is 0 Å². The van der Waals surface area contributed by atoms with E-state index in [-0.39, 0.29) is 64.6 Å². The summed E-state index contributed by atoms with van der Waals surface area (Å²) >= 11 is 0. The minimum Gasteiger partial charge on any atom is -0.481 e. The standard InChI is InChI=1S/C35H48N4O9/c1-34(2,3)47-32(44)38(19-17-36-29(40)15-16-30(41)42)21-22-39(33(45)48-35(4,5)6)20-18-37-31(43)46-23-28-26-13-9-7-11-24(26)25-12-8-10-14-27(25)28/h7-14,28H,15-23H2,1-6H3,(H,36,40)(H,37,43)(H,41,42). The summed E-state index contributed by atoms with van der Waals surface area (Å²) in [7, 11) is 0. The number of alkyl carbamates (subject to hydrolysis) is 1. The first kappa shape index (κ1) is 37.6. The van der Waals surface area contributed by atoms with Gasteiger partial charge < -0.3 is 39.8 Å². The second-order valence-corrected chi connectivity index (χ2v) is 13.4. The topological polar surface area (TPSA) is 164 Å². The van der Waals surface area contributed by atoms with Crippen LogP contribution in [-0.2, 0) is 23.8 Å². The highest BCUT2D eigenvalue weighted by Gasteiger charge is 2.30. The van der Waals surface area contributed by atoms with Crippen LogP contribution in [0.4, 0.5) is 14.4 Å². The van der Waals surface area contributed by atoms with E-state index in [2.05, 4.69) is 22.8 Å². The average molecular weight is 669 g/mol. The Morgan fingerprint density at radius 3 is 1.60 bits per heavy atom. The van der Waals surface area contributed by atoms with Crippen LogP contribution in [0.25, 0.3) is 11.1 Å². The van der Waals surface area contributed by atoms with Gasteiger partial charge >= 0.3 is 24.2 Å². The zero-order chi connectivity index (χ0) is 35.5. The van der Waals surface area contributed by atoms with Gasteiger partial charge in [0.05, 0.1) is 6.42 Å². The van der Waals surface area contributed by atoms with E-state index in [0.29, 0.717) is 0 Å². The Morgan fingerprint density at radius 1 is 0.688 bits per heavy atom. The number of hydrogen-bond donors (Lipinski definition) is 3. The van der Waals surface area contributed by atoms with Gasteiger partial charge in [-0.3, -0.25) is 9.59 Å². The molecule has 0 spiro atoms. The second kappa shape index (κ2) is 16.8. The van der Waals surface area contributed by atoms with E-state index < -0.39 is 41.4 Å². The number of carboxylic acids is 1. The molecule has 0 saturated carbocycles. The largest absolute Gasteiger partial charge is 0.481 e. The summed E-state index contributed by atoms with van der Waals surface area (Å²) in [4.78, 5) is 64.4. The van der Waals surface area contributed by atoms with Crippen LogP contribution >= 0.6 is 0 Å². The quantitative estimate of drug-likeness (QED) is 0.236. The monoisotopic (exact) mass is 668 g/mol. The molecule has 13 nitrogen and oxygen atoms in total. The van der Waals surface area contributed by atoms with Gasteiger partial charge in [0.15, 0.2) is 0 Å². The Kier molecular flexibility index (Phi) is 13.2. The number of nitrogens with zero attached hydrogens (tertiary/aromatic N) is 2. The van der Waals surface area contributed by atoms with Crippen LogP contribution in [0.15, 0.2) is 48.5 Å². The first-order valence-corrected chi connectivity index (χ1v) is 16.1. The number of rotatable bonds is 14. The maximum absolute atomic E-state index is 13.1. The molecule has 0 saturated heterocycles. The molecule has 4 amide bonds. The van der Waals surface area contributed by atoms with Crippen molar-refractivity contribution in [1.29, 1.82) is 0 Å². The van der Waals surface area contributed by atoms with Crippen LogP contribution in [0.1, 0.15) is 71.4 Å². The fourth-order valence-corrected chi connectivity index (χ4v) is 5.06. The number of carboxylic acid groups (broad SMARTS) is 1. The second-order valence-electron chi connectivity index (χ2n) is 13.4. The lowest BCUT2D eigenvalue weighted by Gasteiger charge is -2.31. The number of nitrogens with one attached hydrogen (secondary N) is 2. The van der Waals surface area contributed by atoms with Crippen LogP contribution in [0.3, 0.4) is 0 Å². The summed E-state index contributed by atoms with van der Waals surface area (Å²) in [5, 5.41) is 14.1. The van der Waals surface area contributed by atoms with Crippen molar-refractivity contribution in [3.05, 3.63) is 59.7 Å². The van der Waals surface area contributed by atoms with Gasteiger partial charge in [-0.2, -0.15) is 0 Å². The van der Waals surface area contributed by atoms with Crippen molar-refractivity contribution in [3.63, 3.8) is 0 Å². The number of benzene rings is 2. The molecule has 0 aromatic heterocycles. The minimum atomic E-state index is -1.09. The van der Waals surface area contributed by atoms with E-state index in [1.54, 1.807) is 41.5 Å². The molecule has 1 aliphatic rings. The molecule has 262 valence electrons. The molecule has 2 aromatic rings. The number of ether oxygens (including phenoxy) is 3. The van der Waals surface area contributed by atoms with Crippen molar-refractivity contribution in [2.24, 2.45) is 0 Å². The van der Waals surface area contributed by atoms with Gasteiger partial charge in [-0.15, -0.1) is 0 Å². The molecule has 0 heterocycles. The number of fused-ring (bicyclic) bond motifs is 3. The third-order valence-electron chi connectivity index (χ3n) is 7.21. The molecule has 48 heavy (non-hydrogen) atoms. The highest BCUT2D eigenvalue weighted by atomic mass is 16.6. The van der Waals surface area contributed by atoms with Gasteiger partial charge in [0.2, 0.25) is 5.91 Å². The molecule has 0 atom stereocenters. The first-order chi connectivity index (χ1) is 22.5. The maximum Gasteiger partial charge on any atom is 0.410 e. The Balaban J connectivity index is 1.59. The Hall–Kier alpha value is -4.81. The predicted octanol–water partition coefficient (Wildman–Crippen LogP) is 4.98. The molecular weight excluding hydrogens is 620 g/mol. The summed E-state index contributed by atoms with van der Waals surface area (Å²) in [6, 6.07) is 16.1. The number of amides is 4. The summed E-state index contributed by atoms with van der Waals surface area (Å²) in [6.45, 7) is 10.8. The number of carbonyl (C=O) groups is 5. The summed E-state index contributed by atoms with van der Waals surface area (Å²) in [5.74, 6) is -1.64. The lowest BCUT2D eigenvalue weighted by Crippen LogP contribution is -2.48. The molecule has 1 aliphatic carbocycles. The van der Waals surface area contributed by atoms with Gasteiger partial charge in [0.1, 0.15) is 17.8 Å². The molecule has 0 bridgehead atoms. The Morgan fingerprint density at radius 2 is 1.15 bits per heavy atom. The van der Waals surface area contributed by atoms with Crippen molar-refractivity contribution < 1.29 is 43.3 Å². The minimum absolute atomic E-state index is 0.0318. The van der Waals surface area contributed by atoms with Crippen LogP contribution in [0, 0.1) is 0 Å². The molecule has 0 radical (unpaired) electrons. The van der Waals surface area contributed by atoms with E-state index >= 15 is 0 Å². The summed E-state index contributed by atoms with van der Waals surface area (Å²) in [6.07, 6.45) is -2.41. The van der Waals surface area contributed by atoms with Gasteiger partial charge in [-0.25, -0.2) is 14.4 Å². The highest BCUT2D eigenvalue weighted by Crippen LogP contribution is 2.44. The average Bonchev–Trinajstić information content (AvgIpc) is 3.31. The fraction of sp³-hybridized carbons (Fsp3) is 0.514. The van der Waals surface area contributed by atoms with E-state index in [1.807, 2.05) is 36.4 Å². The van der Waals surface area contributed by atoms with Crippen molar-refractivity contribution >= 4 is 30.2 Å². The first-order valence-electron chi connectivity index (χ1n) is 16.1. The van der Waals surface area contributed by atoms with Crippen molar-refractivity contribution in [1.82, 2.24) is 20.4 Å². The molecule has 2 aromatic carbocycles. The van der Waals surface area contributed by atoms with Crippen LogP contribution < -0.4 is 10.6 Å². The highest BCUT2D eigenvalue weighted by molar-refractivity contribution is 5.81. The third-order valence-corrected chi connectivity index (χ3v) is 7.21. The van der Waals surface area contributed by atoms with Crippen LogP contribution in [-0.4, -0.2) is 102 Å². The summed E-state index contributed by atoms with van der Waals surface area (Å²) < 4.78 is 16.7. The lowest BCUT2D eigenvalue weighted by molar-refractivity contribution is -0.138. The molecule has 0 unspecified atom stereocenters. The number of hydrogen-bond acceptors (Lipinski definition) is 8. The molecule has 0 aliphatic heterocycles. The SMILES string of the molecule is CC(C)(C)OC(=O)N(CCNC(=O)CCC(=O)O)CCN(CCNC(=O)OCC1c2ccccc2-c2ccccc21)C(=O)OC(C)(C)C. The Labute approximate surface area is 281 Å². The summed E-state index contributed by atoms with van der Waals surface area (Å²) in [5.41, 5.74) is 2.85. The molecule has 0 fully saturated rings. The van der Waals surface area contributed by atoms with Gasteiger partial charge in [-0.1, -0.05) is 48.5 Å². The zero-order valence-corrected chi connectivity index (χ0v) is 28.7. The Bertz CT molecular complexity index is 1400. The van der Waals surface area contributed by atoms with Crippen molar-refractivity contribution in [3.8, 4) is 11.1 Å². The van der Waals surface area contributed by atoms with E-state index in [1.165, 1.54) is 9.80 Å².